The molecule has 1 rings (SSSR count). The molecule has 0 fully saturated rings. The van der Waals surface area contributed by atoms with Crippen LogP contribution in [0.4, 0.5) is 0 Å². The summed E-state index contributed by atoms with van der Waals surface area (Å²) in [6.07, 6.45) is 2.29. The van der Waals surface area contributed by atoms with Gasteiger partial charge in [0.25, 0.3) is 0 Å². The van der Waals surface area contributed by atoms with Gasteiger partial charge in [-0.2, -0.15) is 0 Å². The van der Waals surface area contributed by atoms with Crippen LogP contribution in [-0.4, -0.2) is 1.43 Å². The van der Waals surface area contributed by atoms with Crippen LogP contribution >= 0.6 is 113 Å². The zero-order chi connectivity index (χ0) is 7.94. The van der Waals surface area contributed by atoms with Gasteiger partial charge in [0.15, 0.2) is 0 Å². The second-order valence-corrected chi connectivity index (χ2v) is 10.5. The van der Waals surface area contributed by atoms with E-state index in [0.717, 1.165) is 0 Å². The van der Waals surface area contributed by atoms with E-state index in [2.05, 4.69) is 119 Å². The molecule has 0 aromatic rings. The molecule has 0 radical (unpaired) electrons. The Kier molecular flexibility index (Phi) is 4.60. The first-order valence-electron chi connectivity index (χ1n) is 2.27. The van der Waals surface area contributed by atoms with Crippen LogP contribution < -0.4 is 0 Å². The van der Waals surface area contributed by atoms with E-state index in [1.54, 1.807) is 0 Å². The average Bonchev–Trinajstić information content (AvgIpc) is 1.95. The van der Waals surface area contributed by atoms with Crippen molar-refractivity contribution in [2.45, 2.75) is 1.43 Å². The molecule has 10 heavy (non-hydrogen) atoms. The lowest BCUT2D eigenvalue weighted by molar-refractivity contribution is 1.48. The van der Waals surface area contributed by atoms with Gasteiger partial charge in [0.2, 0.25) is 0 Å². The summed E-state index contributed by atoms with van der Waals surface area (Å²) in [6, 6.07) is 0. The first kappa shape index (κ1) is 11.2. The molecular weight excluding hydrogens is 695 g/mol. The average molecular weight is 696 g/mol. The number of alkyl halides is 2. The molecule has 0 aromatic carbocycles. The number of rotatable bonds is 0. The van der Waals surface area contributed by atoms with Crippen molar-refractivity contribution in [3.8, 4) is 0 Å². The molecule has 1 aliphatic carbocycles. The first-order chi connectivity index (χ1) is 4.45. The van der Waals surface area contributed by atoms with E-state index in [-0.39, 0.29) is 1.43 Å². The van der Waals surface area contributed by atoms with Gasteiger partial charge in [-0.1, -0.05) is 45.2 Å². The molecule has 0 nitrogen and oxygen atoms in total. The minimum absolute atomic E-state index is 0.225. The predicted molar refractivity (Wildman–Crippen MR) is 87.9 cm³/mol. The number of allylic oxidation sites excluding steroid dienone is 4. The summed E-state index contributed by atoms with van der Waals surface area (Å²) in [4.78, 5) is 0. The van der Waals surface area contributed by atoms with Gasteiger partial charge < -0.3 is 0 Å². The minimum atomic E-state index is 0.225. The third kappa shape index (κ3) is 2.33. The standard InChI is InChI=1S/C5HI5/c6-2-1-5(9,10)4(8)3(2)7/h1H. The van der Waals surface area contributed by atoms with E-state index in [0.29, 0.717) is 0 Å². The highest BCUT2D eigenvalue weighted by Crippen LogP contribution is 2.52. The molecule has 0 saturated heterocycles. The molecule has 0 bridgehead atoms. The van der Waals surface area contributed by atoms with E-state index in [9.17, 15) is 0 Å². The third-order valence-corrected chi connectivity index (χ3v) is 10.2. The van der Waals surface area contributed by atoms with Crippen LogP contribution in [-0.2, 0) is 0 Å². The zero-order valence-electron chi connectivity index (χ0n) is 4.47. The molecule has 56 valence electrons. The summed E-state index contributed by atoms with van der Waals surface area (Å²) in [6.45, 7) is 0. The summed E-state index contributed by atoms with van der Waals surface area (Å²) in [7, 11) is 0. The van der Waals surface area contributed by atoms with Gasteiger partial charge in [-0.05, 0) is 73.8 Å². The van der Waals surface area contributed by atoms with Gasteiger partial charge in [0, 0.05) is 10.7 Å². The number of hydrogen-bond acceptors (Lipinski definition) is 0. The second-order valence-electron chi connectivity index (χ2n) is 1.74. The van der Waals surface area contributed by atoms with Crippen LogP contribution in [0.5, 0.6) is 0 Å². The smallest absolute Gasteiger partial charge is 0.0566 e. The Bertz CT molecular complexity index is 224. The number of halogens is 5. The van der Waals surface area contributed by atoms with E-state index in [1.165, 1.54) is 10.7 Å². The largest absolute Gasteiger partial charge is 0.124 e. The van der Waals surface area contributed by atoms with Crippen molar-refractivity contribution in [3.05, 3.63) is 16.8 Å². The lowest BCUT2D eigenvalue weighted by atomic mass is 10.5. The van der Waals surface area contributed by atoms with Crippen molar-refractivity contribution >= 4 is 113 Å². The van der Waals surface area contributed by atoms with Crippen molar-refractivity contribution in [1.82, 2.24) is 0 Å². The monoisotopic (exact) mass is 696 g/mol. The maximum Gasteiger partial charge on any atom is 0.124 e. The quantitative estimate of drug-likeness (QED) is 0.249. The Morgan fingerprint density at radius 3 is 1.70 bits per heavy atom. The van der Waals surface area contributed by atoms with E-state index < -0.39 is 0 Å². The van der Waals surface area contributed by atoms with Gasteiger partial charge >= 0.3 is 0 Å². The lowest BCUT2D eigenvalue weighted by Gasteiger charge is -2.09. The summed E-state index contributed by atoms with van der Waals surface area (Å²) in [5.41, 5.74) is 0. The fraction of sp³-hybridized carbons (Fsp3) is 0.200. The molecule has 0 heterocycles. The van der Waals surface area contributed by atoms with Crippen LogP contribution in [0.15, 0.2) is 16.8 Å². The van der Waals surface area contributed by atoms with E-state index in [1.807, 2.05) is 0 Å². The first-order valence-corrected chi connectivity index (χ1v) is 7.67. The summed E-state index contributed by atoms with van der Waals surface area (Å²) < 4.78 is 4.45. The van der Waals surface area contributed by atoms with Crippen molar-refractivity contribution in [2.75, 3.05) is 0 Å². The van der Waals surface area contributed by atoms with Crippen molar-refractivity contribution in [3.63, 3.8) is 0 Å². The Labute approximate surface area is 128 Å². The fourth-order valence-electron chi connectivity index (χ4n) is 0.537. The van der Waals surface area contributed by atoms with Gasteiger partial charge in [-0.15, -0.1) is 0 Å². The van der Waals surface area contributed by atoms with Crippen LogP contribution in [0.3, 0.4) is 0 Å². The molecule has 0 amide bonds. The summed E-state index contributed by atoms with van der Waals surface area (Å²) >= 11 is 12.1. The SMILES string of the molecule is IC1=CC(I)(I)C(I)=C1I. The predicted octanol–water partition coefficient (Wildman–Crippen LogP) is 4.97. The topological polar surface area (TPSA) is 0 Å². The highest BCUT2D eigenvalue weighted by Gasteiger charge is 2.32. The van der Waals surface area contributed by atoms with Gasteiger partial charge in [-0.3, -0.25) is 0 Å². The molecule has 0 N–H and O–H groups in total. The molecule has 0 saturated carbocycles. The maximum atomic E-state index is 2.46. The normalized spacial score (nSPS) is 23.5. The Morgan fingerprint density at radius 2 is 1.60 bits per heavy atom. The minimum Gasteiger partial charge on any atom is -0.0566 e. The Balaban J connectivity index is 3.12. The highest BCUT2D eigenvalue weighted by atomic mass is 127. The Hall–Kier alpha value is 3.13. The molecule has 0 atom stereocenters. The van der Waals surface area contributed by atoms with Crippen LogP contribution in [0, 0.1) is 0 Å². The van der Waals surface area contributed by atoms with E-state index >= 15 is 0 Å². The van der Waals surface area contributed by atoms with Gasteiger partial charge in [0.05, 0.1) is 0 Å². The lowest BCUT2D eigenvalue weighted by Crippen LogP contribution is -2.01. The molecule has 0 aromatic heterocycles. The Morgan fingerprint density at radius 1 is 1.10 bits per heavy atom. The molecule has 0 unspecified atom stereocenters. The second kappa shape index (κ2) is 4.11. The molecule has 5 heteroatoms. The number of hydrogen-bond donors (Lipinski definition) is 0. The maximum absolute atomic E-state index is 2.46. The molecule has 0 aliphatic heterocycles. The van der Waals surface area contributed by atoms with Crippen LogP contribution in [0.1, 0.15) is 0 Å². The molecular formula is C5HI5. The third-order valence-electron chi connectivity index (χ3n) is 1.00. The fourth-order valence-corrected chi connectivity index (χ4v) is 6.20. The van der Waals surface area contributed by atoms with Crippen LogP contribution in [0.25, 0.3) is 0 Å². The summed E-state index contributed by atoms with van der Waals surface area (Å²) in [5, 5.41) is 0. The van der Waals surface area contributed by atoms with Gasteiger partial charge in [-0.25, -0.2) is 0 Å². The molecule has 0 spiro atoms. The molecule has 1 aliphatic rings. The van der Waals surface area contributed by atoms with Gasteiger partial charge in [0.1, 0.15) is 1.43 Å². The van der Waals surface area contributed by atoms with E-state index in [4.69, 9.17) is 0 Å². The van der Waals surface area contributed by atoms with Crippen molar-refractivity contribution in [2.24, 2.45) is 0 Å². The highest BCUT2D eigenvalue weighted by molar-refractivity contribution is 14.2. The van der Waals surface area contributed by atoms with Crippen molar-refractivity contribution in [1.29, 1.82) is 0 Å². The van der Waals surface area contributed by atoms with Crippen LogP contribution in [0.2, 0.25) is 0 Å². The zero-order valence-corrected chi connectivity index (χ0v) is 15.3. The summed E-state index contributed by atoms with van der Waals surface area (Å²) in [5.74, 6) is 0. The van der Waals surface area contributed by atoms with Crippen molar-refractivity contribution < 1.29 is 0 Å².